The van der Waals surface area contributed by atoms with E-state index >= 15 is 0 Å². The molecule has 2 rings (SSSR count). The molecule has 0 fully saturated rings. The van der Waals surface area contributed by atoms with Crippen LogP contribution in [0.2, 0.25) is 5.02 Å². The number of hydrogen-bond acceptors (Lipinski definition) is 3. The minimum atomic E-state index is 0.0982. The Morgan fingerprint density at radius 2 is 2.25 bits per heavy atom. The molecule has 0 amide bonds. The summed E-state index contributed by atoms with van der Waals surface area (Å²) in [5, 5.41) is 3.95. The lowest BCUT2D eigenvalue weighted by atomic mass is 10.2. The Hall–Kier alpha value is -1.97. The van der Waals surface area contributed by atoms with Crippen LogP contribution in [0.25, 0.3) is 21.8 Å². The average Bonchev–Trinajstić information content (AvgIpc) is 2.75. The van der Waals surface area contributed by atoms with E-state index in [4.69, 9.17) is 21.5 Å². The van der Waals surface area contributed by atoms with Gasteiger partial charge in [-0.3, -0.25) is 0 Å². The third kappa shape index (κ3) is 2.16. The van der Waals surface area contributed by atoms with Gasteiger partial charge in [0.15, 0.2) is 5.76 Å². The van der Waals surface area contributed by atoms with Crippen LogP contribution in [0.5, 0.6) is 0 Å². The molecule has 0 aliphatic rings. The van der Waals surface area contributed by atoms with Gasteiger partial charge in [-0.25, -0.2) is 4.98 Å². The first-order valence-electron chi connectivity index (χ1n) is 4.51. The summed E-state index contributed by atoms with van der Waals surface area (Å²) in [6.07, 6.45) is 1.56. The fourth-order valence-electron chi connectivity index (χ4n) is 1.26. The number of aromatic nitrogens is 1. The smallest absolute Gasteiger partial charge is 0.200 e. The fourth-order valence-corrected chi connectivity index (χ4v) is 1.49. The van der Waals surface area contributed by atoms with Crippen LogP contribution >= 0.6 is 11.6 Å². The maximum absolute atomic E-state index is 8.16. The highest BCUT2D eigenvalue weighted by molar-refractivity contribution is 6.33. The standard InChI is InChI=1S/C10H7ClN4O/c11-8-4-2-1-3-7(8)9-5-13-10(16-9)6-14-15-12/h1-5H,6H2. The Kier molecular flexibility index (Phi) is 3.10. The van der Waals surface area contributed by atoms with Crippen LogP contribution in [0, 0.1) is 0 Å². The molecule has 0 aliphatic carbocycles. The van der Waals surface area contributed by atoms with Gasteiger partial charge in [0, 0.05) is 10.5 Å². The fraction of sp³-hybridized carbons (Fsp3) is 0.100. The highest BCUT2D eigenvalue weighted by Crippen LogP contribution is 2.27. The Morgan fingerprint density at radius 3 is 3.00 bits per heavy atom. The molecule has 1 heterocycles. The van der Waals surface area contributed by atoms with Crippen molar-refractivity contribution >= 4 is 11.6 Å². The Labute approximate surface area is 96.3 Å². The zero-order valence-electron chi connectivity index (χ0n) is 8.17. The molecule has 2 aromatic rings. The van der Waals surface area contributed by atoms with E-state index in [1.807, 2.05) is 18.2 Å². The molecular formula is C10H7ClN4O. The van der Waals surface area contributed by atoms with Gasteiger partial charge in [0.05, 0.1) is 11.2 Å². The van der Waals surface area contributed by atoms with Gasteiger partial charge < -0.3 is 4.42 Å². The van der Waals surface area contributed by atoms with E-state index in [2.05, 4.69) is 15.0 Å². The lowest BCUT2D eigenvalue weighted by Crippen LogP contribution is -1.76. The average molecular weight is 235 g/mol. The Balaban J connectivity index is 2.31. The summed E-state index contributed by atoms with van der Waals surface area (Å²) in [5.41, 5.74) is 8.93. The van der Waals surface area contributed by atoms with Crippen LogP contribution < -0.4 is 0 Å². The first kappa shape index (κ1) is 10.5. The third-order valence-electron chi connectivity index (χ3n) is 1.96. The molecule has 0 aliphatic heterocycles. The second-order valence-corrected chi connectivity index (χ2v) is 3.39. The summed E-state index contributed by atoms with van der Waals surface area (Å²) in [4.78, 5) is 6.61. The van der Waals surface area contributed by atoms with E-state index in [0.717, 1.165) is 5.56 Å². The van der Waals surface area contributed by atoms with Gasteiger partial charge in [-0.05, 0) is 17.7 Å². The van der Waals surface area contributed by atoms with Gasteiger partial charge in [0.2, 0.25) is 5.89 Å². The summed E-state index contributed by atoms with van der Waals surface area (Å²) >= 11 is 6.00. The lowest BCUT2D eigenvalue weighted by Gasteiger charge is -1.97. The van der Waals surface area contributed by atoms with E-state index in [-0.39, 0.29) is 6.54 Å². The van der Waals surface area contributed by atoms with Crippen molar-refractivity contribution < 1.29 is 4.42 Å². The third-order valence-corrected chi connectivity index (χ3v) is 2.29. The largest absolute Gasteiger partial charge is 0.441 e. The molecule has 0 N–H and O–H groups in total. The van der Waals surface area contributed by atoms with Crippen LogP contribution in [0.1, 0.15) is 5.89 Å². The predicted octanol–water partition coefficient (Wildman–Crippen LogP) is 3.81. The van der Waals surface area contributed by atoms with Crippen molar-refractivity contribution in [1.29, 1.82) is 0 Å². The zero-order valence-corrected chi connectivity index (χ0v) is 8.92. The van der Waals surface area contributed by atoms with E-state index < -0.39 is 0 Å². The topological polar surface area (TPSA) is 74.8 Å². The van der Waals surface area contributed by atoms with Crippen molar-refractivity contribution in [3.05, 3.63) is 51.8 Å². The molecule has 0 unspecified atom stereocenters. The molecule has 1 aromatic heterocycles. The molecule has 0 saturated heterocycles. The van der Waals surface area contributed by atoms with Crippen molar-refractivity contribution in [2.75, 3.05) is 0 Å². The highest BCUT2D eigenvalue weighted by atomic mass is 35.5. The van der Waals surface area contributed by atoms with E-state index in [1.54, 1.807) is 12.3 Å². The van der Waals surface area contributed by atoms with E-state index in [9.17, 15) is 0 Å². The van der Waals surface area contributed by atoms with Gasteiger partial charge in [-0.1, -0.05) is 28.8 Å². The summed E-state index contributed by atoms with van der Waals surface area (Å²) in [5.74, 6) is 0.932. The second-order valence-electron chi connectivity index (χ2n) is 2.99. The number of benzene rings is 1. The van der Waals surface area contributed by atoms with E-state index in [1.165, 1.54) is 0 Å². The van der Waals surface area contributed by atoms with Gasteiger partial charge in [0.25, 0.3) is 0 Å². The predicted molar refractivity (Wildman–Crippen MR) is 59.8 cm³/mol. The number of nitrogens with zero attached hydrogens (tertiary/aromatic N) is 4. The molecule has 0 atom stereocenters. The van der Waals surface area contributed by atoms with Crippen molar-refractivity contribution in [2.45, 2.75) is 6.54 Å². The normalized spacial score (nSPS) is 9.81. The minimum Gasteiger partial charge on any atom is -0.441 e. The number of azide groups is 1. The maximum atomic E-state index is 8.16. The lowest BCUT2D eigenvalue weighted by molar-refractivity contribution is 0.509. The summed E-state index contributed by atoms with van der Waals surface area (Å²) < 4.78 is 5.39. The van der Waals surface area contributed by atoms with Crippen molar-refractivity contribution in [2.24, 2.45) is 5.11 Å². The number of oxazole rings is 1. The van der Waals surface area contributed by atoms with Gasteiger partial charge >= 0.3 is 0 Å². The summed E-state index contributed by atoms with van der Waals surface area (Å²) in [6, 6.07) is 7.30. The highest BCUT2D eigenvalue weighted by Gasteiger charge is 2.08. The van der Waals surface area contributed by atoms with Gasteiger partial charge in [-0.15, -0.1) is 0 Å². The van der Waals surface area contributed by atoms with Crippen LogP contribution in [0.3, 0.4) is 0 Å². The minimum absolute atomic E-state index is 0.0982. The van der Waals surface area contributed by atoms with Crippen molar-refractivity contribution in [3.8, 4) is 11.3 Å². The first-order valence-corrected chi connectivity index (χ1v) is 4.89. The molecule has 0 saturated carbocycles. The molecule has 1 aromatic carbocycles. The SMILES string of the molecule is [N-]=[N+]=NCc1ncc(-c2ccccc2Cl)o1. The van der Waals surface area contributed by atoms with Crippen LogP contribution in [-0.4, -0.2) is 4.98 Å². The molecule has 0 bridgehead atoms. The number of rotatable bonds is 3. The molecule has 0 radical (unpaired) electrons. The number of hydrogen-bond donors (Lipinski definition) is 0. The first-order chi connectivity index (χ1) is 7.81. The molecule has 16 heavy (non-hydrogen) atoms. The summed E-state index contributed by atoms with van der Waals surface area (Å²) in [6.45, 7) is 0.0982. The van der Waals surface area contributed by atoms with Gasteiger partial charge in [-0.2, -0.15) is 0 Å². The molecule has 6 heteroatoms. The van der Waals surface area contributed by atoms with Crippen molar-refractivity contribution in [3.63, 3.8) is 0 Å². The second kappa shape index (κ2) is 4.70. The quantitative estimate of drug-likeness (QED) is 0.460. The van der Waals surface area contributed by atoms with Crippen LogP contribution in [0.15, 0.2) is 40.0 Å². The molecule has 5 nitrogen and oxygen atoms in total. The summed E-state index contributed by atoms with van der Waals surface area (Å²) in [7, 11) is 0. The van der Waals surface area contributed by atoms with Gasteiger partial charge in [0.1, 0.15) is 6.54 Å². The number of halogens is 1. The monoisotopic (exact) mass is 234 g/mol. The van der Waals surface area contributed by atoms with Crippen molar-refractivity contribution in [1.82, 2.24) is 4.98 Å². The zero-order chi connectivity index (χ0) is 11.4. The molecular weight excluding hydrogens is 228 g/mol. The molecule has 80 valence electrons. The Bertz CT molecular complexity index is 545. The maximum Gasteiger partial charge on any atom is 0.200 e. The molecule has 0 spiro atoms. The van der Waals surface area contributed by atoms with E-state index in [0.29, 0.717) is 16.7 Å². The van der Waals surface area contributed by atoms with Crippen LogP contribution in [-0.2, 0) is 6.54 Å². The van der Waals surface area contributed by atoms with Crippen LogP contribution in [0.4, 0.5) is 0 Å². The Morgan fingerprint density at radius 1 is 1.44 bits per heavy atom.